The number of hydrogen-bond donors (Lipinski definition) is 1. The Balaban J connectivity index is 0.00000312. The van der Waals surface area contributed by atoms with E-state index in [1.807, 2.05) is 11.9 Å². The van der Waals surface area contributed by atoms with Crippen LogP contribution >= 0.6 is 12.4 Å². The van der Waals surface area contributed by atoms with Gasteiger partial charge < -0.3 is 15.1 Å². The van der Waals surface area contributed by atoms with E-state index in [2.05, 4.69) is 19.2 Å². The molecule has 0 spiro atoms. The summed E-state index contributed by atoms with van der Waals surface area (Å²) in [5.41, 5.74) is 1.18. The molecule has 1 aliphatic heterocycles. The molecule has 2 rings (SSSR count). The van der Waals surface area contributed by atoms with Crippen LogP contribution in [0.25, 0.3) is 0 Å². The summed E-state index contributed by atoms with van der Waals surface area (Å²) in [4.78, 5) is 29.1. The van der Waals surface area contributed by atoms with Gasteiger partial charge >= 0.3 is 0 Å². The zero-order valence-electron chi connectivity index (χ0n) is 15.5. The molecule has 0 radical (unpaired) electrons. The van der Waals surface area contributed by atoms with Crippen molar-refractivity contribution >= 4 is 24.2 Å². The largest absolute Gasteiger partial charge is 0.339 e. The highest BCUT2D eigenvalue weighted by Gasteiger charge is 2.24. The average Bonchev–Trinajstić information content (AvgIpc) is 3.14. The predicted octanol–water partition coefficient (Wildman–Crippen LogP) is 2.80. The lowest BCUT2D eigenvalue weighted by Crippen LogP contribution is -2.38. The standard InChI is InChI=1S/C19H29N3O2.ClH/c1-4-11-22(12-5-2)19(24)16-8-6-7-15(13-16)18(23)21(3)17-9-10-20-14-17;/h6-8,13,17,20H,4-5,9-12,14H2,1-3H3;1H. The van der Waals surface area contributed by atoms with E-state index in [-0.39, 0.29) is 30.3 Å². The van der Waals surface area contributed by atoms with Crippen molar-refractivity contribution in [2.45, 2.75) is 39.2 Å². The van der Waals surface area contributed by atoms with Crippen molar-refractivity contribution in [2.75, 3.05) is 33.2 Å². The number of amides is 2. The first-order valence-electron chi connectivity index (χ1n) is 8.95. The van der Waals surface area contributed by atoms with Gasteiger partial charge in [0, 0.05) is 43.9 Å². The number of nitrogens with zero attached hydrogens (tertiary/aromatic N) is 2. The predicted molar refractivity (Wildman–Crippen MR) is 104 cm³/mol. The van der Waals surface area contributed by atoms with Gasteiger partial charge in [0.25, 0.3) is 11.8 Å². The van der Waals surface area contributed by atoms with E-state index in [0.29, 0.717) is 11.1 Å². The molecule has 0 aliphatic carbocycles. The molecule has 5 nitrogen and oxygen atoms in total. The normalized spacial score (nSPS) is 16.2. The van der Waals surface area contributed by atoms with Gasteiger partial charge in [-0.1, -0.05) is 19.9 Å². The number of likely N-dealkylation sites (N-methyl/N-ethyl adjacent to an activating group) is 1. The molecule has 1 unspecified atom stereocenters. The number of carbonyl (C=O) groups excluding carboxylic acids is 2. The second-order valence-corrected chi connectivity index (χ2v) is 6.44. The number of nitrogens with one attached hydrogen (secondary N) is 1. The molecule has 140 valence electrons. The lowest BCUT2D eigenvalue weighted by atomic mass is 10.1. The molecule has 1 atom stereocenters. The monoisotopic (exact) mass is 367 g/mol. The third-order valence-corrected chi connectivity index (χ3v) is 4.53. The maximum absolute atomic E-state index is 12.7. The van der Waals surface area contributed by atoms with Gasteiger partial charge in [0.2, 0.25) is 0 Å². The molecular weight excluding hydrogens is 338 g/mol. The quantitative estimate of drug-likeness (QED) is 0.806. The van der Waals surface area contributed by atoms with Crippen molar-refractivity contribution in [2.24, 2.45) is 0 Å². The van der Waals surface area contributed by atoms with E-state index in [4.69, 9.17) is 0 Å². The maximum atomic E-state index is 12.7. The highest BCUT2D eigenvalue weighted by molar-refractivity contribution is 5.99. The van der Waals surface area contributed by atoms with Gasteiger partial charge in [0.15, 0.2) is 0 Å². The van der Waals surface area contributed by atoms with Gasteiger partial charge in [-0.05, 0) is 44.0 Å². The number of benzene rings is 1. The van der Waals surface area contributed by atoms with Gasteiger partial charge in [0.1, 0.15) is 0 Å². The zero-order chi connectivity index (χ0) is 17.5. The number of hydrogen-bond acceptors (Lipinski definition) is 3. The van der Waals surface area contributed by atoms with E-state index in [1.54, 1.807) is 29.2 Å². The van der Waals surface area contributed by atoms with Crippen LogP contribution in [0.2, 0.25) is 0 Å². The van der Waals surface area contributed by atoms with Crippen molar-refractivity contribution in [3.05, 3.63) is 35.4 Å². The first-order valence-corrected chi connectivity index (χ1v) is 8.95. The van der Waals surface area contributed by atoms with Gasteiger partial charge in [-0.2, -0.15) is 0 Å². The Morgan fingerprint density at radius 2 is 1.72 bits per heavy atom. The first kappa shape index (κ1) is 21.5. The minimum atomic E-state index is -0.0177. The summed E-state index contributed by atoms with van der Waals surface area (Å²) in [5, 5.41) is 3.28. The average molecular weight is 368 g/mol. The third kappa shape index (κ3) is 5.44. The lowest BCUT2D eigenvalue weighted by Gasteiger charge is -2.24. The zero-order valence-corrected chi connectivity index (χ0v) is 16.3. The topological polar surface area (TPSA) is 52.7 Å². The molecule has 0 aromatic heterocycles. The summed E-state index contributed by atoms with van der Waals surface area (Å²) in [6.07, 6.45) is 2.84. The van der Waals surface area contributed by atoms with Crippen LogP contribution in [0.1, 0.15) is 53.8 Å². The van der Waals surface area contributed by atoms with Crippen LogP contribution in [0.4, 0.5) is 0 Å². The molecule has 1 N–H and O–H groups in total. The summed E-state index contributed by atoms with van der Waals surface area (Å²) < 4.78 is 0. The van der Waals surface area contributed by atoms with Crippen LogP contribution in [-0.4, -0.2) is 60.9 Å². The summed E-state index contributed by atoms with van der Waals surface area (Å²) in [5.74, 6) is -0.00517. The minimum absolute atomic E-state index is 0. The Morgan fingerprint density at radius 1 is 1.12 bits per heavy atom. The fourth-order valence-corrected chi connectivity index (χ4v) is 3.16. The van der Waals surface area contributed by atoms with E-state index in [1.165, 1.54) is 0 Å². The van der Waals surface area contributed by atoms with Gasteiger partial charge in [-0.3, -0.25) is 9.59 Å². The minimum Gasteiger partial charge on any atom is -0.339 e. The SMILES string of the molecule is CCCN(CCC)C(=O)c1cccc(C(=O)N(C)C2CCNC2)c1.Cl. The summed E-state index contributed by atoms with van der Waals surface area (Å²) >= 11 is 0. The summed E-state index contributed by atoms with van der Waals surface area (Å²) in [6, 6.07) is 7.36. The molecule has 0 saturated carbocycles. The van der Waals surface area contributed by atoms with Crippen molar-refractivity contribution in [1.82, 2.24) is 15.1 Å². The molecule has 1 fully saturated rings. The van der Waals surface area contributed by atoms with Gasteiger partial charge in [-0.25, -0.2) is 0 Å². The molecular formula is C19H30ClN3O2. The molecule has 1 heterocycles. The fraction of sp³-hybridized carbons (Fsp3) is 0.579. The first-order chi connectivity index (χ1) is 11.6. The summed E-state index contributed by atoms with van der Waals surface area (Å²) in [7, 11) is 1.84. The molecule has 0 bridgehead atoms. The van der Waals surface area contributed by atoms with Crippen LogP contribution in [0.15, 0.2) is 24.3 Å². The second-order valence-electron chi connectivity index (χ2n) is 6.44. The highest BCUT2D eigenvalue weighted by atomic mass is 35.5. The van der Waals surface area contributed by atoms with Crippen molar-refractivity contribution in [1.29, 1.82) is 0 Å². The van der Waals surface area contributed by atoms with Crippen molar-refractivity contribution in [3.8, 4) is 0 Å². The van der Waals surface area contributed by atoms with Crippen LogP contribution in [0.5, 0.6) is 0 Å². The number of rotatable bonds is 7. The molecule has 2 amide bonds. The Bertz CT molecular complexity index is 538. The smallest absolute Gasteiger partial charge is 0.253 e. The third-order valence-electron chi connectivity index (χ3n) is 4.53. The molecule has 25 heavy (non-hydrogen) atoms. The van der Waals surface area contributed by atoms with Gasteiger partial charge in [-0.15, -0.1) is 12.4 Å². The van der Waals surface area contributed by atoms with Crippen LogP contribution in [0, 0.1) is 0 Å². The maximum Gasteiger partial charge on any atom is 0.253 e. The molecule has 1 aliphatic rings. The van der Waals surface area contributed by atoms with Gasteiger partial charge in [0.05, 0.1) is 0 Å². The van der Waals surface area contributed by atoms with Crippen molar-refractivity contribution in [3.63, 3.8) is 0 Å². The van der Waals surface area contributed by atoms with E-state index < -0.39 is 0 Å². The highest BCUT2D eigenvalue weighted by Crippen LogP contribution is 2.14. The Labute approximate surface area is 157 Å². The Kier molecular flexibility index (Phi) is 8.93. The second kappa shape index (κ2) is 10.4. The summed E-state index contributed by atoms with van der Waals surface area (Å²) in [6.45, 7) is 7.42. The fourth-order valence-electron chi connectivity index (χ4n) is 3.16. The van der Waals surface area contributed by atoms with Crippen LogP contribution < -0.4 is 5.32 Å². The van der Waals surface area contributed by atoms with Crippen LogP contribution in [-0.2, 0) is 0 Å². The number of halogens is 1. The lowest BCUT2D eigenvalue weighted by molar-refractivity contribution is 0.0743. The Morgan fingerprint density at radius 3 is 2.24 bits per heavy atom. The van der Waals surface area contributed by atoms with Crippen LogP contribution in [0.3, 0.4) is 0 Å². The molecule has 1 aromatic rings. The van der Waals surface area contributed by atoms with Crippen molar-refractivity contribution < 1.29 is 9.59 Å². The molecule has 6 heteroatoms. The van der Waals surface area contributed by atoms with E-state index >= 15 is 0 Å². The molecule has 1 aromatic carbocycles. The molecule has 1 saturated heterocycles. The number of carbonyl (C=O) groups is 2. The van der Waals surface area contributed by atoms with E-state index in [9.17, 15) is 9.59 Å². The Hall–Kier alpha value is -1.59. The van der Waals surface area contributed by atoms with E-state index in [0.717, 1.165) is 45.4 Å².